The molecule has 0 spiro atoms. The number of rotatable bonds is 26. The van der Waals surface area contributed by atoms with Gasteiger partial charge in [-0.05, 0) is 96.6 Å². The van der Waals surface area contributed by atoms with E-state index in [1.165, 1.54) is 58.4 Å². The highest BCUT2D eigenvalue weighted by molar-refractivity contribution is 6.02. The molecule has 1 saturated heterocycles. The second kappa shape index (κ2) is 25.8. The minimum Gasteiger partial charge on any atom is -0.507 e. The van der Waals surface area contributed by atoms with Crippen molar-refractivity contribution >= 4 is 35.5 Å². The third-order valence-electron chi connectivity index (χ3n) is 10.4. The molecule has 0 saturated carbocycles. The highest BCUT2D eigenvalue weighted by atomic mass is 16.5. The number of ether oxygens (including phenoxy) is 2. The molecule has 1 aromatic rings. The Balaban J connectivity index is 1.49. The van der Waals surface area contributed by atoms with E-state index in [-0.39, 0.29) is 56.5 Å². The molecule has 5 N–H and O–H groups in total. The smallest absolute Gasteiger partial charge is 0.328 e. The van der Waals surface area contributed by atoms with Gasteiger partial charge < -0.3 is 25.2 Å². The molecule has 15 nitrogen and oxygen atoms in total. The van der Waals surface area contributed by atoms with E-state index < -0.39 is 47.4 Å². The Morgan fingerprint density at radius 1 is 1.02 bits per heavy atom. The molecule has 4 amide bonds. The van der Waals surface area contributed by atoms with E-state index in [0.29, 0.717) is 54.2 Å². The number of aliphatic imine (C=N–C) groups is 1. The van der Waals surface area contributed by atoms with Gasteiger partial charge in [-0.25, -0.2) is 19.9 Å². The molecule has 4 atom stereocenters. The minimum atomic E-state index is -1.44. The van der Waals surface area contributed by atoms with Crippen molar-refractivity contribution in [1.82, 2.24) is 20.8 Å². The van der Waals surface area contributed by atoms with Crippen LogP contribution in [0.15, 0.2) is 41.4 Å². The van der Waals surface area contributed by atoms with Crippen molar-refractivity contribution < 1.29 is 49.0 Å². The molecule has 2 aliphatic heterocycles. The highest BCUT2D eigenvalue weighted by Crippen LogP contribution is 2.26. The molecule has 1 fully saturated rings. The van der Waals surface area contributed by atoms with Crippen molar-refractivity contribution in [1.29, 1.82) is 0 Å². The van der Waals surface area contributed by atoms with E-state index in [4.69, 9.17) is 9.47 Å². The van der Waals surface area contributed by atoms with Crippen molar-refractivity contribution in [2.24, 2.45) is 4.99 Å². The molecule has 0 aromatic heterocycles. The fourth-order valence-corrected chi connectivity index (χ4v) is 6.82. The first-order chi connectivity index (χ1) is 27.8. The van der Waals surface area contributed by atoms with E-state index in [1.54, 1.807) is 18.2 Å². The Kier molecular flexibility index (Phi) is 21.3. The first kappa shape index (κ1) is 47.9. The third-order valence-corrected chi connectivity index (χ3v) is 10.4. The number of carbonyl (C=O) groups is 5. The number of hydrogen-bond acceptors (Lipinski definition) is 11. The maximum absolute atomic E-state index is 13.6. The standard InChI is InChI=1S/C43H67N5O10/c1-4-5-6-7-8-9-10-11-12-13-14-15-16-27-38(51)47(55)28-21-20-25-35(45-42(54)43(3)31-57-39(46-43)33-23-17-18-26-36(33)49)41(53)58-32(2)30-37(50)44-34-24-19-22-29-48(56)40(34)52/h11-12,17-18,23,26,32,34-35,49,55-56H,4-10,13-16,19-22,24-25,27-31H2,1-3H3,(H,44,50)(H,45,54)/b12-11-/t32-,34+,35+,43-/m0/s1. The molecule has 324 valence electrons. The number of esters is 1. The number of aromatic hydroxyl groups is 1. The van der Waals surface area contributed by atoms with E-state index in [0.717, 1.165) is 25.7 Å². The second-order valence-electron chi connectivity index (χ2n) is 15.7. The van der Waals surface area contributed by atoms with Gasteiger partial charge in [0.2, 0.25) is 17.7 Å². The maximum atomic E-state index is 13.6. The van der Waals surface area contributed by atoms with Gasteiger partial charge in [-0.2, -0.15) is 0 Å². The number of benzene rings is 1. The summed E-state index contributed by atoms with van der Waals surface area (Å²) in [6.45, 7) is 5.35. The molecular formula is C43H67N5O10. The SMILES string of the molecule is CCCCCCCC/C=C\CCCCCC(=O)N(O)CCCC[C@@H](NC(=O)[C@]1(C)COC(c2ccccc2O)=N1)C(=O)O[C@@H](C)CC(=O)N[C@@H]1CCCCN(O)C1=O. The number of allylic oxidation sites excluding steroid dienone is 2. The first-order valence-corrected chi connectivity index (χ1v) is 21.3. The van der Waals surface area contributed by atoms with Crippen molar-refractivity contribution in [3.8, 4) is 5.75 Å². The van der Waals surface area contributed by atoms with Gasteiger partial charge >= 0.3 is 5.97 Å². The fourth-order valence-electron chi connectivity index (χ4n) is 6.82. The molecule has 15 heteroatoms. The van der Waals surface area contributed by atoms with Crippen molar-refractivity contribution in [3.05, 3.63) is 42.0 Å². The highest BCUT2D eigenvalue weighted by Gasteiger charge is 2.42. The summed E-state index contributed by atoms with van der Waals surface area (Å²) in [6.07, 6.45) is 18.2. The van der Waals surface area contributed by atoms with Gasteiger partial charge in [-0.1, -0.05) is 69.7 Å². The zero-order chi connectivity index (χ0) is 42.3. The zero-order valence-electron chi connectivity index (χ0n) is 34.8. The largest absolute Gasteiger partial charge is 0.507 e. The molecule has 3 rings (SSSR count). The van der Waals surface area contributed by atoms with Gasteiger partial charge in [0.05, 0.1) is 12.0 Å². The quantitative estimate of drug-likeness (QED) is 0.0233. The molecule has 2 aliphatic rings. The zero-order valence-corrected chi connectivity index (χ0v) is 34.8. The normalized spacial score (nSPS) is 19.2. The van der Waals surface area contributed by atoms with Crippen molar-refractivity contribution in [2.75, 3.05) is 19.7 Å². The number of nitrogens with zero attached hydrogens (tertiary/aromatic N) is 3. The van der Waals surface area contributed by atoms with Gasteiger partial charge in [0.15, 0.2) is 5.54 Å². The number of phenolic OH excluding ortho intramolecular Hbond substituents is 1. The summed E-state index contributed by atoms with van der Waals surface area (Å²) < 4.78 is 11.3. The maximum Gasteiger partial charge on any atom is 0.328 e. The minimum absolute atomic E-state index is 0.0389. The average Bonchev–Trinajstić information content (AvgIpc) is 3.53. The fraction of sp³-hybridized carbons (Fsp3) is 0.674. The number of unbranched alkanes of at least 4 members (excludes halogenated alkanes) is 10. The van der Waals surface area contributed by atoms with Gasteiger partial charge in [0, 0.05) is 19.5 Å². The van der Waals surface area contributed by atoms with Crippen LogP contribution in [0.2, 0.25) is 0 Å². The summed E-state index contributed by atoms with van der Waals surface area (Å²) in [6, 6.07) is 4.35. The van der Waals surface area contributed by atoms with Crippen LogP contribution in [0.1, 0.15) is 148 Å². The van der Waals surface area contributed by atoms with Crippen LogP contribution in [0.3, 0.4) is 0 Å². The molecule has 0 unspecified atom stereocenters. The predicted octanol–water partition coefficient (Wildman–Crippen LogP) is 6.27. The lowest BCUT2D eigenvalue weighted by Gasteiger charge is -2.25. The van der Waals surface area contributed by atoms with Gasteiger partial charge in [-0.15, -0.1) is 0 Å². The summed E-state index contributed by atoms with van der Waals surface area (Å²) in [5, 5.41) is 37.2. The Bertz CT molecular complexity index is 1540. The number of hydrogen-bond donors (Lipinski definition) is 5. The second-order valence-corrected chi connectivity index (χ2v) is 15.7. The van der Waals surface area contributed by atoms with Crippen LogP contribution in [0, 0.1) is 0 Å². The molecule has 58 heavy (non-hydrogen) atoms. The molecule has 0 bridgehead atoms. The van der Waals surface area contributed by atoms with E-state index in [2.05, 4.69) is 34.7 Å². The van der Waals surface area contributed by atoms with E-state index in [9.17, 15) is 39.5 Å². The van der Waals surface area contributed by atoms with Crippen molar-refractivity contribution in [3.63, 3.8) is 0 Å². The number of hydroxylamine groups is 4. The number of nitrogens with one attached hydrogen (secondary N) is 2. The molecule has 1 aromatic carbocycles. The third kappa shape index (κ3) is 16.8. The number of phenols is 1. The molecule has 0 radical (unpaired) electrons. The first-order valence-electron chi connectivity index (χ1n) is 21.3. The average molecular weight is 814 g/mol. The molecule has 2 heterocycles. The number of amides is 4. The predicted molar refractivity (Wildman–Crippen MR) is 218 cm³/mol. The Morgan fingerprint density at radius 2 is 1.71 bits per heavy atom. The van der Waals surface area contributed by atoms with E-state index in [1.807, 2.05) is 0 Å². The Hall–Kier alpha value is -4.50. The summed E-state index contributed by atoms with van der Waals surface area (Å²) >= 11 is 0. The summed E-state index contributed by atoms with van der Waals surface area (Å²) in [7, 11) is 0. The van der Waals surface area contributed by atoms with Crippen LogP contribution in [0.25, 0.3) is 0 Å². The van der Waals surface area contributed by atoms with Gasteiger partial charge in [0.1, 0.15) is 30.5 Å². The van der Waals surface area contributed by atoms with E-state index >= 15 is 0 Å². The molecule has 0 aliphatic carbocycles. The van der Waals surface area contributed by atoms with Gasteiger partial charge in [0.25, 0.3) is 11.8 Å². The van der Waals surface area contributed by atoms with Crippen LogP contribution >= 0.6 is 0 Å². The van der Waals surface area contributed by atoms with Crippen molar-refractivity contribution in [2.45, 2.75) is 166 Å². The lowest BCUT2D eigenvalue weighted by atomic mass is 10.0. The summed E-state index contributed by atoms with van der Waals surface area (Å²) in [4.78, 5) is 69.3. The summed E-state index contributed by atoms with van der Waals surface area (Å²) in [5.74, 6) is -2.94. The molecular weight excluding hydrogens is 746 g/mol. The monoisotopic (exact) mass is 813 g/mol. The lowest BCUT2D eigenvalue weighted by molar-refractivity contribution is -0.167. The van der Waals surface area contributed by atoms with Gasteiger partial charge in [-0.3, -0.25) is 29.6 Å². The summed E-state index contributed by atoms with van der Waals surface area (Å²) in [5.41, 5.74) is -1.13. The number of carbonyl (C=O) groups excluding carboxylic acids is 5. The number of para-hydroxylation sites is 1. The topological polar surface area (TPSA) is 207 Å². The van der Waals surface area contributed by atoms with Crippen LogP contribution in [0.5, 0.6) is 5.75 Å². The Labute approximate surface area is 343 Å². The lowest BCUT2D eigenvalue weighted by Crippen LogP contribution is -2.52. The van der Waals surface area contributed by atoms with Crippen LogP contribution < -0.4 is 10.6 Å². The Morgan fingerprint density at radius 3 is 2.43 bits per heavy atom. The van der Waals surface area contributed by atoms with Crippen LogP contribution in [-0.4, -0.2) is 105 Å². The van der Waals surface area contributed by atoms with Crippen LogP contribution in [0.4, 0.5) is 0 Å². The van der Waals surface area contributed by atoms with Crippen LogP contribution in [-0.2, 0) is 33.4 Å².